The lowest BCUT2D eigenvalue weighted by molar-refractivity contribution is -0.122. The summed E-state index contributed by atoms with van der Waals surface area (Å²) in [5.41, 5.74) is 2.20. The number of aliphatic imine (C=N–C) groups is 1. The van der Waals surface area contributed by atoms with Crippen LogP contribution < -0.4 is 16.0 Å². The third-order valence-corrected chi connectivity index (χ3v) is 7.41. The zero-order chi connectivity index (χ0) is 22.2. The molecule has 8 heteroatoms. The van der Waals surface area contributed by atoms with E-state index in [0.717, 1.165) is 62.9 Å². The molecule has 0 atom stereocenters. The van der Waals surface area contributed by atoms with Gasteiger partial charge >= 0.3 is 0 Å². The number of amides is 1. The number of carbonyl (C=O) groups excluding carboxylic acids is 1. The van der Waals surface area contributed by atoms with Crippen LogP contribution in [0.1, 0.15) is 56.9 Å². The Labute approximate surface area is 215 Å². The fourth-order valence-corrected chi connectivity index (χ4v) is 5.18. The van der Waals surface area contributed by atoms with Crippen LogP contribution in [0.3, 0.4) is 0 Å². The second kappa shape index (κ2) is 12.9. The van der Waals surface area contributed by atoms with Crippen LogP contribution in [0, 0.1) is 5.92 Å². The number of guanidine groups is 1. The number of carbonyl (C=O) groups is 1. The predicted molar refractivity (Wildman–Crippen MR) is 144 cm³/mol. The predicted octanol–water partition coefficient (Wildman–Crippen LogP) is 3.74. The van der Waals surface area contributed by atoms with Crippen LogP contribution in [0.15, 0.2) is 29.3 Å². The lowest BCUT2D eigenvalue weighted by Crippen LogP contribution is -2.60. The van der Waals surface area contributed by atoms with Gasteiger partial charge in [-0.2, -0.15) is 0 Å². The monoisotopic (exact) mass is 569 g/mol. The summed E-state index contributed by atoms with van der Waals surface area (Å²) in [5.74, 6) is 1.17. The molecule has 1 saturated heterocycles. The zero-order valence-electron chi connectivity index (χ0n) is 19.9. The van der Waals surface area contributed by atoms with Crippen molar-refractivity contribution in [3.05, 3.63) is 29.8 Å². The Bertz CT molecular complexity index is 787. The lowest BCUT2D eigenvalue weighted by Gasteiger charge is -2.48. The minimum absolute atomic E-state index is 0. The second-order valence-corrected chi connectivity index (χ2v) is 9.48. The van der Waals surface area contributed by atoms with E-state index in [1.165, 1.54) is 38.5 Å². The fourth-order valence-electron chi connectivity index (χ4n) is 5.18. The van der Waals surface area contributed by atoms with Gasteiger partial charge in [0.05, 0.1) is 13.2 Å². The van der Waals surface area contributed by atoms with E-state index in [4.69, 9.17) is 4.74 Å². The molecule has 0 aromatic heterocycles. The van der Waals surface area contributed by atoms with Crippen LogP contribution >= 0.6 is 24.0 Å². The molecule has 1 aliphatic heterocycles. The van der Waals surface area contributed by atoms with Gasteiger partial charge in [-0.15, -0.1) is 24.0 Å². The molecule has 1 aromatic rings. The Morgan fingerprint density at radius 3 is 2.55 bits per heavy atom. The van der Waals surface area contributed by atoms with E-state index in [9.17, 15) is 4.79 Å². The molecule has 3 N–H and O–H groups in total. The van der Waals surface area contributed by atoms with Crippen LogP contribution in [0.4, 0.5) is 5.69 Å². The largest absolute Gasteiger partial charge is 0.379 e. The van der Waals surface area contributed by atoms with Gasteiger partial charge in [-0.25, -0.2) is 0 Å². The maximum atomic E-state index is 12.2. The number of hydrogen-bond donors (Lipinski definition) is 3. The maximum absolute atomic E-state index is 12.2. The normalized spacial score (nSPS) is 21.4. The van der Waals surface area contributed by atoms with Crippen LogP contribution in [0.5, 0.6) is 0 Å². The first-order valence-electron chi connectivity index (χ1n) is 12.4. The van der Waals surface area contributed by atoms with Crippen LogP contribution in [-0.2, 0) is 16.1 Å². The van der Waals surface area contributed by atoms with Crippen molar-refractivity contribution in [2.75, 3.05) is 45.2 Å². The molecular formula is C25H40IN5O2. The molecule has 0 unspecified atom stereocenters. The molecule has 3 fully saturated rings. The van der Waals surface area contributed by atoms with Crippen molar-refractivity contribution >= 4 is 41.5 Å². The number of benzene rings is 1. The number of rotatable bonds is 7. The number of morpholine rings is 1. The first kappa shape index (κ1) is 26.2. The topological polar surface area (TPSA) is 78.0 Å². The van der Waals surface area contributed by atoms with Gasteiger partial charge in [-0.05, 0) is 43.4 Å². The van der Waals surface area contributed by atoms with E-state index >= 15 is 0 Å². The van der Waals surface area contributed by atoms with Crippen molar-refractivity contribution in [1.82, 2.24) is 15.5 Å². The van der Waals surface area contributed by atoms with Gasteiger partial charge in [-0.1, -0.05) is 37.8 Å². The molecule has 1 heterocycles. The molecule has 33 heavy (non-hydrogen) atoms. The summed E-state index contributed by atoms with van der Waals surface area (Å²) < 4.78 is 5.60. The van der Waals surface area contributed by atoms with Gasteiger partial charge in [0.1, 0.15) is 0 Å². The van der Waals surface area contributed by atoms with Gasteiger partial charge in [0, 0.05) is 50.4 Å². The van der Waals surface area contributed by atoms with E-state index < -0.39 is 0 Å². The summed E-state index contributed by atoms with van der Waals surface area (Å²) in [6.07, 6.45) is 9.60. The number of nitrogens with one attached hydrogen (secondary N) is 3. The van der Waals surface area contributed by atoms with E-state index in [1.54, 1.807) is 0 Å². The number of anilines is 1. The van der Waals surface area contributed by atoms with Crippen LogP contribution in [-0.4, -0.2) is 62.2 Å². The summed E-state index contributed by atoms with van der Waals surface area (Å²) in [6, 6.07) is 8.09. The molecule has 7 nitrogen and oxygen atoms in total. The second-order valence-electron chi connectivity index (χ2n) is 9.48. The fraction of sp³-hybridized carbons (Fsp3) is 0.680. The first-order chi connectivity index (χ1) is 15.7. The van der Waals surface area contributed by atoms with Gasteiger partial charge < -0.3 is 20.7 Å². The van der Waals surface area contributed by atoms with E-state index in [2.05, 4.69) is 31.9 Å². The molecule has 4 rings (SSSR count). The Kier molecular flexibility index (Phi) is 10.2. The molecule has 2 saturated carbocycles. The van der Waals surface area contributed by atoms with Crippen molar-refractivity contribution in [1.29, 1.82) is 0 Å². The van der Waals surface area contributed by atoms with Crippen molar-refractivity contribution in [3.63, 3.8) is 0 Å². The summed E-state index contributed by atoms with van der Waals surface area (Å²) in [6.45, 7) is 5.28. The van der Waals surface area contributed by atoms with Crippen LogP contribution in [0.25, 0.3) is 0 Å². The average Bonchev–Trinajstić information content (AvgIpc) is 2.79. The van der Waals surface area contributed by atoms with E-state index in [0.29, 0.717) is 6.54 Å². The summed E-state index contributed by atoms with van der Waals surface area (Å²) in [7, 11) is 1.83. The third kappa shape index (κ3) is 7.05. The lowest BCUT2D eigenvalue weighted by atomic mass is 9.80. The number of ether oxygens (including phenoxy) is 1. The van der Waals surface area contributed by atoms with Crippen molar-refractivity contribution in [2.45, 2.75) is 63.5 Å². The van der Waals surface area contributed by atoms with E-state index in [-0.39, 0.29) is 41.3 Å². The highest BCUT2D eigenvalue weighted by molar-refractivity contribution is 14.0. The van der Waals surface area contributed by atoms with Crippen LogP contribution in [0.2, 0.25) is 0 Å². The van der Waals surface area contributed by atoms with E-state index in [1.807, 2.05) is 25.2 Å². The Morgan fingerprint density at radius 1 is 1.12 bits per heavy atom. The smallest absolute Gasteiger partial charge is 0.227 e. The van der Waals surface area contributed by atoms with Gasteiger partial charge in [0.15, 0.2) is 5.96 Å². The molecule has 0 radical (unpaired) electrons. The Morgan fingerprint density at radius 2 is 1.88 bits per heavy atom. The highest BCUT2D eigenvalue weighted by Gasteiger charge is 2.38. The Balaban J connectivity index is 0.00000306. The molecule has 184 valence electrons. The zero-order valence-corrected chi connectivity index (χ0v) is 22.2. The number of halogens is 1. The molecule has 0 spiro atoms. The molecule has 1 amide bonds. The van der Waals surface area contributed by atoms with Gasteiger partial charge in [0.2, 0.25) is 5.91 Å². The molecule has 3 aliphatic rings. The van der Waals surface area contributed by atoms with Crippen molar-refractivity contribution < 1.29 is 9.53 Å². The highest BCUT2D eigenvalue weighted by atomic mass is 127. The third-order valence-electron chi connectivity index (χ3n) is 7.41. The SMILES string of the molecule is CN=C(NCc1cccc(NC(=O)C2CCC2)c1)NCC1(N2CCOCC2)CCCCC1.I. The average molecular weight is 570 g/mol. The first-order valence-corrected chi connectivity index (χ1v) is 12.4. The Hall–Kier alpha value is -1.39. The molecule has 0 bridgehead atoms. The molecular weight excluding hydrogens is 529 g/mol. The minimum Gasteiger partial charge on any atom is -0.379 e. The standard InChI is InChI=1S/C25H39N5O2.HI/c1-26-24(28-19-25(11-3-2-4-12-25)30-13-15-32-16-14-30)27-18-20-7-5-10-22(17-20)29-23(31)21-8-6-9-21;/h5,7,10,17,21H,2-4,6,8-9,11-16,18-19H2,1H3,(H,29,31)(H2,26,27,28);1H. The molecule has 1 aromatic carbocycles. The van der Waals surface area contributed by atoms with Crippen molar-refractivity contribution in [2.24, 2.45) is 10.9 Å². The molecule has 2 aliphatic carbocycles. The van der Waals surface area contributed by atoms with Gasteiger partial charge in [-0.3, -0.25) is 14.7 Å². The number of nitrogens with zero attached hydrogens (tertiary/aromatic N) is 2. The summed E-state index contributed by atoms with van der Waals surface area (Å²) in [5, 5.41) is 10.1. The highest BCUT2D eigenvalue weighted by Crippen LogP contribution is 2.34. The summed E-state index contributed by atoms with van der Waals surface area (Å²) in [4.78, 5) is 19.3. The quantitative estimate of drug-likeness (QED) is 0.265. The van der Waals surface area contributed by atoms with Gasteiger partial charge in [0.25, 0.3) is 0 Å². The summed E-state index contributed by atoms with van der Waals surface area (Å²) >= 11 is 0. The minimum atomic E-state index is 0. The van der Waals surface area contributed by atoms with Crippen molar-refractivity contribution in [3.8, 4) is 0 Å². The number of hydrogen-bond acceptors (Lipinski definition) is 4. The maximum Gasteiger partial charge on any atom is 0.227 e.